The van der Waals surface area contributed by atoms with Gasteiger partial charge < -0.3 is 4.52 Å². The quantitative estimate of drug-likeness (QED) is 0.843. The molecule has 0 saturated carbocycles. The number of nitrogens with zero attached hydrogens (tertiary/aromatic N) is 3. The summed E-state index contributed by atoms with van der Waals surface area (Å²) in [6.45, 7) is -2.91. The van der Waals surface area contributed by atoms with Gasteiger partial charge in [0.05, 0.1) is 0 Å². The monoisotopic (exact) mass is 268 g/mol. The van der Waals surface area contributed by atoms with Gasteiger partial charge in [-0.25, -0.2) is 9.87 Å². The highest BCUT2D eigenvalue weighted by Crippen LogP contribution is 2.63. The first-order valence-electron chi connectivity index (χ1n) is 4.86. The fourth-order valence-electron chi connectivity index (χ4n) is 1.52. The van der Waals surface area contributed by atoms with E-state index in [0.29, 0.717) is 11.0 Å². The van der Waals surface area contributed by atoms with E-state index in [4.69, 9.17) is 4.52 Å². The number of hydrogen-bond donors (Lipinski definition) is 1. The second kappa shape index (κ2) is 3.87. The van der Waals surface area contributed by atoms with Gasteiger partial charge in [-0.3, -0.25) is 4.57 Å². The Labute approximate surface area is 102 Å². The predicted molar refractivity (Wildman–Crippen MR) is 65.3 cm³/mol. The number of nitrogens with one attached hydrogen (secondary N) is 1. The van der Waals surface area contributed by atoms with Crippen LogP contribution in [0, 0.1) is 0 Å². The predicted octanol–water partition coefficient (Wildman–Crippen LogP) is 2.35. The molecule has 1 aromatic heterocycles. The molecule has 1 unspecified atom stereocenters. The molecule has 2 heterocycles. The Morgan fingerprint density at radius 1 is 1.35 bits per heavy atom. The Kier molecular flexibility index (Phi) is 2.47. The molecule has 2 aromatic rings. The minimum absolute atomic E-state index is 0.550. The van der Waals surface area contributed by atoms with Gasteiger partial charge in [-0.05, 0) is 0 Å². The highest BCUT2D eigenvalue weighted by molar-refractivity contribution is 8.57. The third kappa shape index (κ3) is 1.76. The van der Waals surface area contributed by atoms with Crippen molar-refractivity contribution in [3.63, 3.8) is 0 Å². The van der Waals surface area contributed by atoms with Gasteiger partial charge >= 0.3 is 6.72 Å². The summed E-state index contributed by atoms with van der Waals surface area (Å²) in [4.78, 5) is 0. The minimum atomic E-state index is -2.91. The highest BCUT2D eigenvalue weighted by Gasteiger charge is 2.36. The van der Waals surface area contributed by atoms with Crippen molar-refractivity contribution in [2.24, 2.45) is 0 Å². The van der Waals surface area contributed by atoms with Gasteiger partial charge in [0.1, 0.15) is 0 Å². The van der Waals surface area contributed by atoms with E-state index in [1.54, 1.807) is 4.68 Å². The molecule has 0 spiro atoms. The van der Waals surface area contributed by atoms with Gasteiger partial charge in [-0.15, -0.1) is 10.2 Å². The van der Waals surface area contributed by atoms with E-state index >= 15 is 0 Å². The van der Waals surface area contributed by atoms with Crippen molar-refractivity contribution in [3.05, 3.63) is 30.3 Å². The van der Waals surface area contributed by atoms with Crippen molar-refractivity contribution in [3.8, 4) is 11.4 Å². The lowest BCUT2D eigenvalue weighted by atomic mass is 10.2. The van der Waals surface area contributed by atoms with Crippen LogP contribution in [0.3, 0.4) is 0 Å². The van der Waals surface area contributed by atoms with Crippen LogP contribution in [0.5, 0.6) is 0 Å². The van der Waals surface area contributed by atoms with Gasteiger partial charge in [-0.2, -0.15) is 0 Å². The van der Waals surface area contributed by atoms with Crippen molar-refractivity contribution in [1.82, 2.24) is 14.9 Å². The van der Waals surface area contributed by atoms with Gasteiger partial charge in [0.2, 0.25) is 5.16 Å². The summed E-state index contributed by atoms with van der Waals surface area (Å²) in [6, 6.07) is 9.58. The molecule has 0 fully saturated rings. The zero-order valence-electron chi connectivity index (χ0n) is 8.90. The standard InChI is InChI=1S/C9H9N4O2PS/c1-15-16(14)12-13-8(10-11-9(13)17-16)7-5-3-2-4-6-7/h2-6H,1H3,(H,12,14). The Bertz CT molecular complexity index is 600. The van der Waals surface area contributed by atoms with Gasteiger partial charge in [0.15, 0.2) is 5.82 Å². The van der Waals surface area contributed by atoms with E-state index in [-0.39, 0.29) is 0 Å². The molecular formula is C9H9N4O2PS. The van der Waals surface area contributed by atoms with Gasteiger partial charge in [-0.1, -0.05) is 30.3 Å². The van der Waals surface area contributed by atoms with Crippen LogP contribution in [0.1, 0.15) is 0 Å². The minimum Gasteiger partial charge on any atom is -0.308 e. The van der Waals surface area contributed by atoms with Crippen molar-refractivity contribution in [2.75, 3.05) is 12.3 Å². The molecule has 8 heteroatoms. The molecule has 1 N–H and O–H groups in total. The molecule has 3 rings (SSSR count). The lowest BCUT2D eigenvalue weighted by Crippen LogP contribution is -2.07. The SMILES string of the molecule is COP1(=O)Nn2c(nnc2-c2ccccc2)S1. The van der Waals surface area contributed by atoms with E-state index in [2.05, 4.69) is 15.4 Å². The van der Waals surface area contributed by atoms with Crippen LogP contribution in [-0.4, -0.2) is 22.0 Å². The van der Waals surface area contributed by atoms with Gasteiger partial charge in [0.25, 0.3) is 0 Å². The molecule has 0 amide bonds. The van der Waals surface area contributed by atoms with Crippen LogP contribution in [0.15, 0.2) is 35.5 Å². The Morgan fingerprint density at radius 3 is 2.82 bits per heavy atom. The molecule has 1 aromatic carbocycles. The first-order chi connectivity index (χ1) is 8.22. The number of fused-ring (bicyclic) bond motifs is 1. The molecule has 0 saturated heterocycles. The Morgan fingerprint density at radius 2 is 2.12 bits per heavy atom. The molecule has 0 aliphatic carbocycles. The van der Waals surface area contributed by atoms with E-state index in [9.17, 15) is 4.57 Å². The van der Waals surface area contributed by atoms with Crippen LogP contribution < -0.4 is 5.20 Å². The van der Waals surface area contributed by atoms with Crippen LogP contribution in [-0.2, 0) is 9.09 Å². The number of hydrogen-bond acceptors (Lipinski definition) is 5. The maximum atomic E-state index is 12.0. The normalized spacial score (nSPS) is 22.2. The van der Waals surface area contributed by atoms with Crippen molar-refractivity contribution < 1.29 is 9.09 Å². The lowest BCUT2D eigenvalue weighted by Gasteiger charge is -2.09. The van der Waals surface area contributed by atoms with E-state index < -0.39 is 6.72 Å². The first kappa shape index (κ1) is 10.8. The largest absolute Gasteiger partial charge is 0.372 e. The molecule has 6 nitrogen and oxygen atoms in total. The third-order valence-electron chi connectivity index (χ3n) is 2.33. The Hall–Kier alpha value is -1.30. The smallest absolute Gasteiger partial charge is 0.308 e. The maximum absolute atomic E-state index is 12.0. The Balaban J connectivity index is 2.05. The molecule has 1 atom stereocenters. The fourth-order valence-corrected chi connectivity index (χ4v) is 4.32. The summed E-state index contributed by atoms with van der Waals surface area (Å²) < 4.78 is 18.6. The maximum Gasteiger partial charge on any atom is 0.372 e. The van der Waals surface area contributed by atoms with Crippen molar-refractivity contribution in [1.29, 1.82) is 0 Å². The van der Waals surface area contributed by atoms with Crippen LogP contribution in [0.2, 0.25) is 0 Å². The van der Waals surface area contributed by atoms with E-state index in [1.807, 2.05) is 30.3 Å². The average Bonchev–Trinajstić information content (AvgIpc) is 2.87. The average molecular weight is 268 g/mol. The summed E-state index contributed by atoms with van der Waals surface area (Å²) in [5.74, 6) is 0.628. The lowest BCUT2D eigenvalue weighted by molar-refractivity contribution is 0.411. The summed E-state index contributed by atoms with van der Waals surface area (Å²) in [5, 5.41) is 11.4. The zero-order valence-corrected chi connectivity index (χ0v) is 10.6. The first-order valence-corrected chi connectivity index (χ1v) is 7.91. The second-order valence-corrected chi connectivity index (χ2v) is 7.48. The number of benzene rings is 1. The second-order valence-electron chi connectivity index (χ2n) is 3.38. The molecule has 0 radical (unpaired) electrons. The summed E-state index contributed by atoms with van der Waals surface area (Å²) >= 11 is 1.07. The number of rotatable bonds is 2. The summed E-state index contributed by atoms with van der Waals surface area (Å²) in [5.41, 5.74) is 0.906. The zero-order chi connectivity index (χ0) is 11.9. The van der Waals surface area contributed by atoms with Crippen molar-refractivity contribution in [2.45, 2.75) is 5.16 Å². The molecule has 1 aliphatic rings. The summed E-state index contributed by atoms with van der Waals surface area (Å²) in [6.07, 6.45) is 0. The van der Waals surface area contributed by atoms with Crippen LogP contribution in [0.4, 0.5) is 0 Å². The fraction of sp³-hybridized carbons (Fsp3) is 0.111. The number of aromatic nitrogens is 3. The van der Waals surface area contributed by atoms with Crippen LogP contribution in [0.25, 0.3) is 11.4 Å². The molecule has 88 valence electrons. The third-order valence-corrected chi connectivity index (χ3v) is 5.83. The molecule has 17 heavy (non-hydrogen) atoms. The summed E-state index contributed by atoms with van der Waals surface area (Å²) in [7, 11) is 1.41. The van der Waals surface area contributed by atoms with Gasteiger partial charge in [0, 0.05) is 24.1 Å². The van der Waals surface area contributed by atoms with Crippen LogP contribution >= 0.6 is 18.1 Å². The molecular weight excluding hydrogens is 259 g/mol. The highest BCUT2D eigenvalue weighted by atomic mass is 32.7. The molecule has 0 bridgehead atoms. The molecule has 1 aliphatic heterocycles. The van der Waals surface area contributed by atoms with E-state index in [1.165, 1.54) is 7.11 Å². The van der Waals surface area contributed by atoms with Crippen molar-refractivity contribution >= 4 is 18.1 Å². The topological polar surface area (TPSA) is 69.0 Å². The van der Waals surface area contributed by atoms with E-state index in [0.717, 1.165) is 16.9 Å².